The van der Waals surface area contributed by atoms with Gasteiger partial charge in [-0.1, -0.05) is 103 Å². The van der Waals surface area contributed by atoms with Crippen LogP contribution in [0.5, 0.6) is 0 Å². The number of nitrogens with zero attached hydrogens (tertiary/aromatic N) is 1. The van der Waals surface area contributed by atoms with Gasteiger partial charge in [-0.25, -0.2) is 4.79 Å². The summed E-state index contributed by atoms with van der Waals surface area (Å²) < 4.78 is 0. The van der Waals surface area contributed by atoms with Crippen LogP contribution in [0.3, 0.4) is 0 Å². The Morgan fingerprint density at radius 3 is 1.57 bits per heavy atom. The predicted molar refractivity (Wildman–Crippen MR) is 152 cm³/mol. The average Bonchev–Trinajstić information content (AvgIpc) is 2.92. The number of carboxylic acids is 1. The van der Waals surface area contributed by atoms with Gasteiger partial charge in [0, 0.05) is 22.8 Å². The smallest absolute Gasteiger partial charge is 0.326 e. The van der Waals surface area contributed by atoms with Crippen molar-refractivity contribution in [3.8, 4) is 0 Å². The summed E-state index contributed by atoms with van der Waals surface area (Å²) in [6.07, 6.45) is 0. The van der Waals surface area contributed by atoms with Gasteiger partial charge in [0.1, 0.15) is 6.04 Å². The van der Waals surface area contributed by atoms with E-state index in [1.807, 2.05) is 35.2 Å². The molecule has 0 aliphatic carbocycles. The highest BCUT2D eigenvalue weighted by Crippen LogP contribution is 2.38. The first-order valence-corrected chi connectivity index (χ1v) is 12.8. The molecule has 37 heavy (non-hydrogen) atoms. The van der Waals surface area contributed by atoms with Gasteiger partial charge in [0.15, 0.2) is 0 Å². The molecule has 0 spiro atoms. The van der Waals surface area contributed by atoms with Crippen LogP contribution in [-0.4, -0.2) is 29.2 Å². The Hall–Kier alpha value is -3.60. The molecule has 5 heteroatoms. The molecule has 0 saturated heterocycles. The van der Waals surface area contributed by atoms with Crippen molar-refractivity contribution in [1.29, 1.82) is 0 Å². The molecule has 4 aromatic carbocycles. The van der Waals surface area contributed by atoms with E-state index < -0.39 is 23.1 Å². The fourth-order valence-electron chi connectivity index (χ4n) is 5.11. The number of carbonyl (C=O) groups is 1. The second-order valence-corrected chi connectivity index (χ2v) is 10.3. The molecule has 0 radical (unpaired) electrons. The number of nitrogens with one attached hydrogen (secondary N) is 1. The number of benzene rings is 4. The number of anilines is 1. The van der Waals surface area contributed by atoms with E-state index in [-0.39, 0.29) is 0 Å². The first kappa shape index (κ1) is 26.5. The Bertz CT molecular complexity index is 1200. The van der Waals surface area contributed by atoms with Gasteiger partial charge in [-0.3, -0.25) is 5.32 Å². The molecular weight excluding hydrogens is 480 g/mol. The lowest BCUT2D eigenvalue weighted by Crippen LogP contribution is -2.60. The predicted octanol–water partition coefficient (Wildman–Crippen LogP) is 6.98. The van der Waals surface area contributed by atoms with Crippen LogP contribution in [-0.2, 0) is 10.3 Å². The summed E-state index contributed by atoms with van der Waals surface area (Å²) in [5, 5.41) is 14.5. The first-order chi connectivity index (χ1) is 17.8. The molecule has 190 valence electrons. The van der Waals surface area contributed by atoms with E-state index in [4.69, 9.17) is 11.6 Å². The van der Waals surface area contributed by atoms with Gasteiger partial charge < -0.3 is 10.0 Å². The van der Waals surface area contributed by atoms with Crippen molar-refractivity contribution in [3.63, 3.8) is 0 Å². The molecule has 0 aromatic heterocycles. The summed E-state index contributed by atoms with van der Waals surface area (Å²) in [6, 6.07) is 37.8. The SMILES string of the molecule is CC(C(=O)O)N(c1ccc(Cl)cc1)C(C)(C)CNC(c1ccccc1)(c1ccccc1)c1ccccc1. The normalized spacial score (nSPS) is 12.6. The Balaban J connectivity index is 1.83. The maximum atomic E-state index is 12.2. The summed E-state index contributed by atoms with van der Waals surface area (Å²) in [6.45, 7) is 6.35. The molecule has 1 atom stereocenters. The van der Waals surface area contributed by atoms with Crippen LogP contribution in [0.2, 0.25) is 5.02 Å². The van der Waals surface area contributed by atoms with Crippen molar-refractivity contribution in [2.75, 3.05) is 11.4 Å². The zero-order chi connectivity index (χ0) is 26.5. The van der Waals surface area contributed by atoms with Crippen LogP contribution in [0.25, 0.3) is 0 Å². The lowest BCUT2D eigenvalue weighted by atomic mass is 9.76. The number of aliphatic carboxylic acids is 1. The van der Waals surface area contributed by atoms with Gasteiger partial charge >= 0.3 is 5.97 Å². The van der Waals surface area contributed by atoms with Crippen molar-refractivity contribution in [2.24, 2.45) is 0 Å². The number of carboxylic acid groups (broad SMARTS) is 1. The number of hydrogen-bond donors (Lipinski definition) is 2. The third-order valence-corrected chi connectivity index (χ3v) is 7.16. The molecule has 0 fully saturated rings. The molecule has 0 aliphatic rings. The maximum Gasteiger partial charge on any atom is 0.326 e. The van der Waals surface area contributed by atoms with Crippen LogP contribution >= 0.6 is 11.6 Å². The van der Waals surface area contributed by atoms with Crippen LogP contribution in [0.4, 0.5) is 5.69 Å². The first-order valence-electron chi connectivity index (χ1n) is 12.4. The van der Waals surface area contributed by atoms with Crippen LogP contribution in [0.15, 0.2) is 115 Å². The molecule has 0 heterocycles. The van der Waals surface area contributed by atoms with E-state index in [0.29, 0.717) is 11.6 Å². The fraction of sp³-hybridized carbons (Fsp3) is 0.219. The minimum atomic E-state index is -0.886. The summed E-state index contributed by atoms with van der Waals surface area (Å²) in [7, 11) is 0. The molecule has 4 aromatic rings. The molecule has 0 amide bonds. The van der Waals surface area contributed by atoms with Crippen molar-refractivity contribution in [3.05, 3.63) is 137 Å². The van der Waals surface area contributed by atoms with Crippen LogP contribution < -0.4 is 10.2 Å². The van der Waals surface area contributed by atoms with Crippen LogP contribution in [0, 0.1) is 0 Å². The van der Waals surface area contributed by atoms with Gasteiger partial charge in [-0.15, -0.1) is 0 Å². The molecule has 0 bridgehead atoms. The molecule has 0 saturated carbocycles. The average molecular weight is 513 g/mol. The monoisotopic (exact) mass is 512 g/mol. The third-order valence-electron chi connectivity index (χ3n) is 6.91. The Morgan fingerprint density at radius 1 is 0.784 bits per heavy atom. The largest absolute Gasteiger partial charge is 0.480 e. The number of halogens is 1. The lowest BCUT2D eigenvalue weighted by Gasteiger charge is -2.46. The van der Waals surface area contributed by atoms with Gasteiger partial charge in [-0.05, 0) is 61.7 Å². The van der Waals surface area contributed by atoms with E-state index in [1.165, 1.54) is 0 Å². The van der Waals surface area contributed by atoms with Gasteiger partial charge in [-0.2, -0.15) is 0 Å². The molecular formula is C32H33ClN2O2. The van der Waals surface area contributed by atoms with E-state index in [9.17, 15) is 9.90 Å². The van der Waals surface area contributed by atoms with Crippen molar-refractivity contribution < 1.29 is 9.90 Å². The van der Waals surface area contributed by atoms with E-state index in [1.54, 1.807) is 19.1 Å². The van der Waals surface area contributed by atoms with Crippen LogP contribution in [0.1, 0.15) is 37.5 Å². The molecule has 2 N–H and O–H groups in total. The van der Waals surface area contributed by atoms with E-state index >= 15 is 0 Å². The van der Waals surface area contributed by atoms with Crippen molar-refractivity contribution >= 4 is 23.3 Å². The van der Waals surface area contributed by atoms with Crippen molar-refractivity contribution in [2.45, 2.75) is 37.9 Å². The second-order valence-electron chi connectivity index (χ2n) is 9.87. The quantitative estimate of drug-likeness (QED) is 0.225. The van der Waals surface area contributed by atoms with Gasteiger partial charge in [0.2, 0.25) is 0 Å². The van der Waals surface area contributed by atoms with E-state index in [2.05, 4.69) is 92.0 Å². The minimum Gasteiger partial charge on any atom is -0.480 e. The highest BCUT2D eigenvalue weighted by atomic mass is 35.5. The highest BCUT2D eigenvalue weighted by molar-refractivity contribution is 6.30. The molecule has 4 nitrogen and oxygen atoms in total. The Labute approximate surface area is 224 Å². The molecule has 1 unspecified atom stereocenters. The molecule has 0 aliphatic heterocycles. The number of rotatable bonds is 10. The maximum absolute atomic E-state index is 12.2. The van der Waals surface area contributed by atoms with Crippen molar-refractivity contribution in [1.82, 2.24) is 5.32 Å². The summed E-state index contributed by atoms with van der Waals surface area (Å²) in [5.41, 5.74) is 2.87. The van der Waals surface area contributed by atoms with Gasteiger partial charge in [0.05, 0.1) is 5.54 Å². The third kappa shape index (κ3) is 5.56. The highest BCUT2D eigenvalue weighted by Gasteiger charge is 2.40. The zero-order valence-corrected chi connectivity index (χ0v) is 22.2. The fourth-order valence-corrected chi connectivity index (χ4v) is 5.24. The second kappa shape index (κ2) is 11.2. The Kier molecular flexibility index (Phi) is 8.01. The summed E-state index contributed by atoms with van der Waals surface area (Å²) in [4.78, 5) is 14.2. The minimum absolute atomic E-state index is 0.492. The topological polar surface area (TPSA) is 52.6 Å². The van der Waals surface area contributed by atoms with Gasteiger partial charge in [0.25, 0.3) is 0 Å². The van der Waals surface area contributed by atoms with E-state index in [0.717, 1.165) is 22.4 Å². The lowest BCUT2D eigenvalue weighted by molar-refractivity contribution is -0.138. The number of hydrogen-bond acceptors (Lipinski definition) is 3. The zero-order valence-electron chi connectivity index (χ0n) is 21.4. The standard InChI is InChI=1S/C32H33ClN2O2/c1-24(30(36)37)35(29-21-19-28(33)20-22-29)31(2,3)23-34-32(25-13-7-4-8-14-25,26-15-9-5-10-16-26)27-17-11-6-12-18-27/h4-22,24,34H,23H2,1-3H3,(H,36,37). The summed E-state index contributed by atoms with van der Waals surface area (Å²) in [5.74, 6) is -0.886. The molecule has 4 rings (SSSR count). The summed E-state index contributed by atoms with van der Waals surface area (Å²) >= 11 is 6.15. The Morgan fingerprint density at radius 2 is 1.19 bits per heavy atom.